The van der Waals surface area contributed by atoms with Crippen LogP contribution in [0.25, 0.3) is 27.6 Å². The second-order valence-corrected chi connectivity index (χ2v) is 9.43. The number of thioether (sulfide) groups is 1. The first-order chi connectivity index (χ1) is 16.1. The summed E-state index contributed by atoms with van der Waals surface area (Å²) in [4.78, 5) is 4.29. The van der Waals surface area contributed by atoms with Crippen molar-refractivity contribution < 1.29 is 22.0 Å². The van der Waals surface area contributed by atoms with Crippen molar-refractivity contribution in [2.45, 2.75) is 48.8 Å². The van der Waals surface area contributed by atoms with Gasteiger partial charge in [0, 0.05) is 10.8 Å². The van der Waals surface area contributed by atoms with Gasteiger partial charge in [0.05, 0.1) is 34.9 Å². The lowest BCUT2D eigenvalue weighted by atomic mass is 9.97. The van der Waals surface area contributed by atoms with Crippen molar-refractivity contribution >= 4 is 33.6 Å². The fourth-order valence-electron chi connectivity index (χ4n) is 3.87. The lowest BCUT2D eigenvalue weighted by Gasteiger charge is -2.19. The van der Waals surface area contributed by atoms with Gasteiger partial charge in [-0.15, -0.1) is 11.8 Å². The molecule has 3 aromatic heterocycles. The van der Waals surface area contributed by atoms with Crippen LogP contribution in [0.4, 0.5) is 22.0 Å². The Labute approximate surface area is 194 Å². The Bertz CT molecular complexity index is 1440. The van der Waals surface area contributed by atoms with E-state index in [9.17, 15) is 27.2 Å². The minimum absolute atomic E-state index is 0.0565. The predicted molar refractivity (Wildman–Crippen MR) is 116 cm³/mol. The Morgan fingerprint density at radius 2 is 1.91 bits per heavy atom. The molecular weight excluding hydrogens is 475 g/mol. The van der Waals surface area contributed by atoms with Crippen molar-refractivity contribution in [1.29, 1.82) is 5.26 Å². The lowest BCUT2D eigenvalue weighted by molar-refractivity contribution is -0.287. The molecule has 0 radical (unpaired) electrons. The molecule has 176 valence electrons. The number of halogens is 5. The highest BCUT2D eigenvalue weighted by atomic mass is 32.2. The third-order valence-electron chi connectivity index (χ3n) is 5.92. The van der Waals surface area contributed by atoms with Crippen LogP contribution in [0.15, 0.2) is 41.7 Å². The SMILES string of the molecule is CCSc1c2cc(C3(C#N)CC3)ccc2nn1-c1cc2cnn(CC(F)(F)C(F)(F)F)c2cn1. The molecule has 1 aromatic carbocycles. The molecule has 3 heterocycles. The molecule has 1 fully saturated rings. The van der Waals surface area contributed by atoms with E-state index < -0.39 is 24.1 Å². The Hall–Kier alpha value is -3.20. The molecule has 0 saturated heterocycles. The molecule has 0 bridgehead atoms. The van der Waals surface area contributed by atoms with Crippen LogP contribution in [0.2, 0.25) is 0 Å². The van der Waals surface area contributed by atoms with Crippen molar-refractivity contribution in [3.8, 4) is 11.9 Å². The van der Waals surface area contributed by atoms with Gasteiger partial charge in [-0.25, -0.2) is 9.67 Å². The topological polar surface area (TPSA) is 72.3 Å². The average Bonchev–Trinajstić information content (AvgIpc) is 3.39. The summed E-state index contributed by atoms with van der Waals surface area (Å²) in [5, 5.41) is 19.9. The summed E-state index contributed by atoms with van der Waals surface area (Å²) in [6, 6.07) is 9.67. The van der Waals surface area contributed by atoms with Gasteiger partial charge in [-0.3, -0.25) is 4.68 Å². The Morgan fingerprint density at radius 1 is 1.15 bits per heavy atom. The van der Waals surface area contributed by atoms with Crippen LogP contribution in [0, 0.1) is 11.3 Å². The van der Waals surface area contributed by atoms with Crippen LogP contribution in [0.3, 0.4) is 0 Å². The largest absolute Gasteiger partial charge is 0.455 e. The minimum atomic E-state index is -5.68. The number of hydrogen-bond donors (Lipinski definition) is 0. The van der Waals surface area contributed by atoms with Crippen LogP contribution in [0.1, 0.15) is 25.3 Å². The van der Waals surface area contributed by atoms with E-state index in [1.165, 1.54) is 24.2 Å². The van der Waals surface area contributed by atoms with Gasteiger partial charge in [-0.2, -0.15) is 37.4 Å². The number of benzene rings is 1. The third-order valence-corrected chi connectivity index (χ3v) is 6.87. The first-order valence-electron chi connectivity index (χ1n) is 10.4. The fraction of sp³-hybridized carbons (Fsp3) is 0.364. The van der Waals surface area contributed by atoms with Gasteiger partial charge in [-0.1, -0.05) is 13.0 Å². The number of fused-ring (bicyclic) bond motifs is 2. The molecule has 1 aliphatic rings. The number of nitrogens with zero attached hydrogens (tertiary/aromatic N) is 6. The smallest absolute Gasteiger partial charge is 0.257 e. The second kappa shape index (κ2) is 7.66. The van der Waals surface area contributed by atoms with Gasteiger partial charge in [-0.05, 0) is 42.4 Å². The van der Waals surface area contributed by atoms with Crippen molar-refractivity contribution in [1.82, 2.24) is 24.5 Å². The summed E-state index contributed by atoms with van der Waals surface area (Å²) < 4.78 is 67.1. The highest BCUT2D eigenvalue weighted by Gasteiger charge is 2.58. The maximum Gasteiger partial charge on any atom is 0.455 e. The normalized spacial score (nSPS) is 15.7. The van der Waals surface area contributed by atoms with Gasteiger partial charge in [0.2, 0.25) is 0 Å². The molecule has 34 heavy (non-hydrogen) atoms. The summed E-state index contributed by atoms with van der Waals surface area (Å²) in [5.74, 6) is -3.80. The number of nitriles is 1. The third kappa shape index (κ3) is 3.58. The summed E-state index contributed by atoms with van der Waals surface area (Å²) in [6.07, 6.45) is -1.60. The second-order valence-electron chi connectivity index (χ2n) is 8.18. The maximum absolute atomic E-state index is 13.5. The molecule has 0 N–H and O–H groups in total. The monoisotopic (exact) mass is 492 g/mol. The highest BCUT2D eigenvalue weighted by Crippen LogP contribution is 2.48. The molecule has 1 saturated carbocycles. The quantitative estimate of drug-likeness (QED) is 0.258. The summed E-state index contributed by atoms with van der Waals surface area (Å²) in [6.45, 7) is 0.351. The van der Waals surface area contributed by atoms with E-state index in [-0.39, 0.29) is 5.52 Å². The van der Waals surface area contributed by atoms with Crippen molar-refractivity contribution in [2.75, 3.05) is 5.75 Å². The van der Waals surface area contributed by atoms with Gasteiger partial charge in [0.25, 0.3) is 0 Å². The molecule has 12 heteroatoms. The zero-order valence-corrected chi connectivity index (χ0v) is 18.6. The van der Waals surface area contributed by atoms with E-state index in [2.05, 4.69) is 21.3 Å². The van der Waals surface area contributed by atoms with Gasteiger partial charge >= 0.3 is 12.1 Å². The zero-order valence-electron chi connectivity index (χ0n) is 17.8. The van der Waals surface area contributed by atoms with Crippen molar-refractivity contribution in [3.63, 3.8) is 0 Å². The molecule has 5 rings (SSSR count). The van der Waals surface area contributed by atoms with E-state index in [4.69, 9.17) is 0 Å². The van der Waals surface area contributed by atoms with E-state index in [1.807, 2.05) is 25.1 Å². The molecule has 0 spiro atoms. The first-order valence-corrected chi connectivity index (χ1v) is 11.4. The van der Waals surface area contributed by atoms with Crippen LogP contribution in [-0.2, 0) is 12.0 Å². The molecule has 0 unspecified atom stereocenters. The zero-order chi connectivity index (χ0) is 24.3. The number of pyridine rings is 1. The molecule has 1 aliphatic carbocycles. The first kappa shape index (κ1) is 22.6. The molecule has 0 amide bonds. The number of rotatable bonds is 6. The number of hydrogen-bond acceptors (Lipinski definition) is 5. The summed E-state index contributed by atoms with van der Waals surface area (Å²) >= 11 is 1.53. The Kier molecular flexibility index (Phi) is 5.09. The summed E-state index contributed by atoms with van der Waals surface area (Å²) in [7, 11) is 0. The van der Waals surface area contributed by atoms with Gasteiger partial charge < -0.3 is 0 Å². The molecule has 4 aromatic rings. The van der Waals surface area contributed by atoms with Crippen molar-refractivity contribution in [2.24, 2.45) is 0 Å². The Balaban J connectivity index is 1.57. The van der Waals surface area contributed by atoms with E-state index in [1.54, 1.807) is 10.7 Å². The van der Waals surface area contributed by atoms with Crippen LogP contribution < -0.4 is 0 Å². The van der Waals surface area contributed by atoms with E-state index in [0.29, 0.717) is 21.4 Å². The van der Waals surface area contributed by atoms with E-state index in [0.717, 1.165) is 34.6 Å². The highest BCUT2D eigenvalue weighted by molar-refractivity contribution is 7.99. The van der Waals surface area contributed by atoms with Crippen LogP contribution in [0.5, 0.6) is 0 Å². The summed E-state index contributed by atoms with van der Waals surface area (Å²) in [5.41, 5.74) is 1.25. The standard InChI is InChI=1S/C22H17F5N6S/c1-2-34-19-15-8-14(20(11-28)5-6-20)3-4-16(15)31-33(19)18-7-13-9-30-32(17(13)10-29-18)12-21(23,24)22(25,26)27/h3-4,7-10H,2,5-6,12H2,1H3. The van der Waals surface area contributed by atoms with Gasteiger partial charge in [0.15, 0.2) is 5.82 Å². The average molecular weight is 492 g/mol. The van der Waals surface area contributed by atoms with Crippen molar-refractivity contribution in [3.05, 3.63) is 42.2 Å². The predicted octanol–water partition coefficient (Wildman–Crippen LogP) is 5.63. The molecule has 0 aliphatic heterocycles. The van der Waals surface area contributed by atoms with E-state index >= 15 is 0 Å². The van der Waals surface area contributed by atoms with Crippen LogP contribution >= 0.6 is 11.8 Å². The Morgan fingerprint density at radius 3 is 2.56 bits per heavy atom. The molecule has 0 atom stereocenters. The fourth-order valence-corrected chi connectivity index (χ4v) is 4.71. The molecular formula is C22H17F5N6S. The lowest BCUT2D eigenvalue weighted by Crippen LogP contribution is -2.40. The van der Waals surface area contributed by atoms with Gasteiger partial charge in [0.1, 0.15) is 11.6 Å². The minimum Gasteiger partial charge on any atom is -0.257 e. The molecule has 6 nitrogen and oxygen atoms in total. The number of alkyl halides is 5. The maximum atomic E-state index is 13.5. The number of aromatic nitrogens is 5. The van der Waals surface area contributed by atoms with Crippen LogP contribution in [-0.4, -0.2) is 42.4 Å².